The van der Waals surface area contributed by atoms with E-state index < -0.39 is 0 Å². The molecule has 0 amide bonds. The standard InChI is InChI=1S/C15H12N2O2/c1-19-15(18)11-8-5-9-12-13(11)17-14(16-12)10-6-3-2-4-7-10/h2-9H,1H3,(H,16,17). The molecule has 2 aromatic carbocycles. The molecule has 0 aliphatic rings. The summed E-state index contributed by atoms with van der Waals surface area (Å²) in [4.78, 5) is 19.4. The number of aromatic nitrogens is 2. The highest BCUT2D eigenvalue weighted by Crippen LogP contribution is 2.23. The first-order valence-electron chi connectivity index (χ1n) is 5.92. The van der Waals surface area contributed by atoms with Crippen molar-refractivity contribution in [2.75, 3.05) is 7.11 Å². The number of H-pyrrole nitrogens is 1. The van der Waals surface area contributed by atoms with Crippen molar-refractivity contribution < 1.29 is 9.53 Å². The number of imidazole rings is 1. The summed E-state index contributed by atoms with van der Waals surface area (Å²) in [7, 11) is 1.37. The molecule has 0 radical (unpaired) electrons. The van der Waals surface area contributed by atoms with E-state index in [4.69, 9.17) is 4.74 Å². The second kappa shape index (κ2) is 4.57. The fourth-order valence-electron chi connectivity index (χ4n) is 2.04. The number of nitrogens with one attached hydrogen (secondary N) is 1. The fraction of sp³-hybridized carbons (Fsp3) is 0.0667. The van der Waals surface area contributed by atoms with Crippen LogP contribution in [0.2, 0.25) is 0 Å². The van der Waals surface area contributed by atoms with Gasteiger partial charge in [0.25, 0.3) is 0 Å². The summed E-state index contributed by atoms with van der Waals surface area (Å²) in [6.07, 6.45) is 0. The van der Waals surface area contributed by atoms with Gasteiger partial charge < -0.3 is 9.72 Å². The molecule has 0 fully saturated rings. The zero-order valence-corrected chi connectivity index (χ0v) is 10.4. The number of aromatic amines is 1. The van der Waals surface area contributed by atoms with Gasteiger partial charge in [0, 0.05) is 5.56 Å². The highest BCUT2D eigenvalue weighted by atomic mass is 16.5. The summed E-state index contributed by atoms with van der Waals surface area (Å²) in [5.41, 5.74) is 2.91. The van der Waals surface area contributed by atoms with Gasteiger partial charge in [-0.3, -0.25) is 0 Å². The van der Waals surface area contributed by atoms with Crippen LogP contribution in [0.1, 0.15) is 10.4 Å². The average molecular weight is 252 g/mol. The highest BCUT2D eigenvalue weighted by Gasteiger charge is 2.14. The lowest BCUT2D eigenvalue weighted by atomic mass is 10.2. The van der Waals surface area contributed by atoms with Crippen LogP contribution in [0.15, 0.2) is 48.5 Å². The predicted molar refractivity (Wildman–Crippen MR) is 72.9 cm³/mol. The van der Waals surface area contributed by atoms with Crippen LogP contribution < -0.4 is 0 Å². The second-order valence-corrected chi connectivity index (χ2v) is 4.14. The normalized spacial score (nSPS) is 10.6. The molecule has 3 rings (SSSR count). The maximum atomic E-state index is 11.7. The number of hydrogen-bond acceptors (Lipinski definition) is 3. The molecule has 0 saturated heterocycles. The van der Waals surface area contributed by atoms with Crippen LogP contribution in [-0.2, 0) is 4.74 Å². The molecule has 0 saturated carbocycles. The monoisotopic (exact) mass is 252 g/mol. The Kier molecular flexibility index (Phi) is 2.76. The van der Waals surface area contributed by atoms with Crippen LogP contribution in [0.25, 0.3) is 22.4 Å². The van der Waals surface area contributed by atoms with Crippen LogP contribution in [0.4, 0.5) is 0 Å². The summed E-state index contributed by atoms with van der Waals surface area (Å²) in [5.74, 6) is 0.365. The average Bonchev–Trinajstić information content (AvgIpc) is 2.91. The predicted octanol–water partition coefficient (Wildman–Crippen LogP) is 3.02. The molecule has 0 bridgehead atoms. The third-order valence-corrected chi connectivity index (χ3v) is 2.97. The first-order chi connectivity index (χ1) is 9.29. The summed E-state index contributed by atoms with van der Waals surface area (Å²) in [5, 5.41) is 0. The van der Waals surface area contributed by atoms with Gasteiger partial charge in [-0.25, -0.2) is 9.78 Å². The van der Waals surface area contributed by atoms with Gasteiger partial charge in [-0.05, 0) is 12.1 Å². The fourth-order valence-corrected chi connectivity index (χ4v) is 2.04. The lowest BCUT2D eigenvalue weighted by Crippen LogP contribution is -2.01. The van der Waals surface area contributed by atoms with Gasteiger partial charge in [-0.2, -0.15) is 0 Å². The summed E-state index contributed by atoms with van der Waals surface area (Å²) in [6.45, 7) is 0. The largest absolute Gasteiger partial charge is 0.465 e. The van der Waals surface area contributed by atoms with Crippen LogP contribution >= 0.6 is 0 Å². The minimum atomic E-state index is -0.378. The number of rotatable bonds is 2. The van der Waals surface area contributed by atoms with Crippen molar-refractivity contribution in [3.63, 3.8) is 0 Å². The Labute approximate surface area is 110 Å². The SMILES string of the molecule is COC(=O)c1cccc2[nH]c(-c3ccccc3)nc12. The smallest absolute Gasteiger partial charge is 0.340 e. The van der Waals surface area contributed by atoms with Crippen molar-refractivity contribution in [2.45, 2.75) is 0 Å². The van der Waals surface area contributed by atoms with Crippen LogP contribution in [0, 0.1) is 0 Å². The van der Waals surface area contributed by atoms with E-state index in [1.807, 2.05) is 42.5 Å². The van der Waals surface area contributed by atoms with E-state index in [1.54, 1.807) is 6.07 Å². The molecule has 94 valence electrons. The molecular formula is C15H12N2O2. The Morgan fingerprint density at radius 3 is 2.63 bits per heavy atom. The van der Waals surface area contributed by atoms with Gasteiger partial charge in [0.15, 0.2) is 0 Å². The molecule has 19 heavy (non-hydrogen) atoms. The topological polar surface area (TPSA) is 55.0 Å². The molecule has 3 aromatic rings. The van der Waals surface area contributed by atoms with Gasteiger partial charge in [-0.15, -0.1) is 0 Å². The van der Waals surface area contributed by atoms with Gasteiger partial charge in [-0.1, -0.05) is 36.4 Å². The van der Waals surface area contributed by atoms with Crippen LogP contribution in [-0.4, -0.2) is 23.0 Å². The summed E-state index contributed by atoms with van der Waals surface area (Å²) in [6, 6.07) is 15.2. The van der Waals surface area contributed by atoms with Crippen molar-refractivity contribution in [3.8, 4) is 11.4 Å². The van der Waals surface area contributed by atoms with E-state index in [2.05, 4.69) is 9.97 Å². The number of carbonyl (C=O) groups excluding carboxylic acids is 1. The maximum Gasteiger partial charge on any atom is 0.340 e. The van der Waals surface area contributed by atoms with E-state index in [9.17, 15) is 4.79 Å². The van der Waals surface area contributed by atoms with Crippen molar-refractivity contribution in [3.05, 3.63) is 54.1 Å². The molecule has 1 N–H and O–H groups in total. The first-order valence-corrected chi connectivity index (χ1v) is 5.92. The Hall–Kier alpha value is -2.62. The minimum Gasteiger partial charge on any atom is -0.465 e. The lowest BCUT2D eigenvalue weighted by molar-refractivity contribution is 0.0603. The lowest BCUT2D eigenvalue weighted by Gasteiger charge is -1.98. The number of ether oxygens (including phenoxy) is 1. The Balaban J connectivity index is 2.19. The first kappa shape index (κ1) is 11.5. The number of hydrogen-bond donors (Lipinski definition) is 1. The Morgan fingerprint density at radius 2 is 1.89 bits per heavy atom. The number of methoxy groups -OCH3 is 1. The molecule has 1 aromatic heterocycles. The molecule has 0 spiro atoms. The number of fused-ring (bicyclic) bond motifs is 1. The molecule has 4 heteroatoms. The van der Waals surface area contributed by atoms with E-state index >= 15 is 0 Å². The van der Waals surface area contributed by atoms with Crippen LogP contribution in [0.5, 0.6) is 0 Å². The third kappa shape index (κ3) is 1.97. The van der Waals surface area contributed by atoms with Gasteiger partial charge >= 0.3 is 5.97 Å². The molecule has 0 atom stereocenters. The highest BCUT2D eigenvalue weighted by molar-refractivity contribution is 6.02. The molecule has 0 aliphatic carbocycles. The maximum absolute atomic E-state index is 11.7. The van der Waals surface area contributed by atoms with E-state index in [-0.39, 0.29) is 5.97 Å². The minimum absolute atomic E-state index is 0.378. The summed E-state index contributed by atoms with van der Waals surface area (Å²) < 4.78 is 4.77. The third-order valence-electron chi connectivity index (χ3n) is 2.97. The quantitative estimate of drug-likeness (QED) is 0.713. The number of para-hydroxylation sites is 1. The molecule has 0 unspecified atom stereocenters. The number of benzene rings is 2. The van der Waals surface area contributed by atoms with Crippen molar-refractivity contribution in [2.24, 2.45) is 0 Å². The Bertz CT molecular complexity index is 732. The molecule has 0 aliphatic heterocycles. The molecule has 1 heterocycles. The second-order valence-electron chi connectivity index (χ2n) is 4.14. The number of esters is 1. The van der Waals surface area contributed by atoms with E-state index in [1.165, 1.54) is 7.11 Å². The molecular weight excluding hydrogens is 240 g/mol. The van der Waals surface area contributed by atoms with Gasteiger partial charge in [0.1, 0.15) is 11.3 Å². The van der Waals surface area contributed by atoms with E-state index in [0.717, 1.165) is 16.9 Å². The van der Waals surface area contributed by atoms with Crippen LogP contribution in [0.3, 0.4) is 0 Å². The number of nitrogens with zero attached hydrogens (tertiary/aromatic N) is 1. The van der Waals surface area contributed by atoms with E-state index in [0.29, 0.717) is 11.1 Å². The Morgan fingerprint density at radius 1 is 1.11 bits per heavy atom. The zero-order valence-electron chi connectivity index (χ0n) is 10.4. The van der Waals surface area contributed by atoms with Gasteiger partial charge in [0.05, 0.1) is 18.2 Å². The molecule has 4 nitrogen and oxygen atoms in total. The summed E-state index contributed by atoms with van der Waals surface area (Å²) >= 11 is 0. The zero-order chi connectivity index (χ0) is 13.2. The van der Waals surface area contributed by atoms with Crippen molar-refractivity contribution >= 4 is 17.0 Å². The van der Waals surface area contributed by atoms with Gasteiger partial charge in [0.2, 0.25) is 0 Å². The number of carbonyl (C=O) groups is 1. The van der Waals surface area contributed by atoms with Crippen molar-refractivity contribution in [1.82, 2.24) is 9.97 Å². The van der Waals surface area contributed by atoms with Crippen molar-refractivity contribution in [1.29, 1.82) is 0 Å².